The Hall–Kier alpha value is -0.950. The Morgan fingerprint density at radius 2 is 1.79 bits per heavy atom. The van der Waals surface area contributed by atoms with Gasteiger partial charge in [0.05, 0.1) is 17.3 Å². The predicted molar refractivity (Wildman–Crippen MR) is 49.1 cm³/mol. The summed E-state index contributed by atoms with van der Waals surface area (Å²) in [5.74, 6) is -4.42. The minimum Gasteiger partial charge on any atom is -0.396 e. The molecule has 1 aromatic carbocycles. The van der Waals surface area contributed by atoms with E-state index in [4.69, 9.17) is 5.73 Å². The lowest BCUT2D eigenvalue weighted by Crippen LogP contribution is -2.07. The molecule has 0 amide bonds. The van der Waals surface area contributed by atoms with Crippen molar-refractivity contribution in [2.45, 2.75) is 0 Å². The van der Waals surface area contributed by atoms with Crippen molar-refractivity contribution in [2.75, 3.05) is 18.3 Å². The van der Waals surface area contributed by atoms with Crippen LogP contribution < -0.4 is 11.2 Å². The molecule has 0 bridgehead atoms. The molecule has 0 atom stereocenters. The van der Waals surface area contributed by atoms with Crippen LogP contribution in [0.25, 0.3) is 0 Å². The average Bonchev–Trinajstić information content (AvgIpc) is 2.19. The number of nitrogen functional groups attached to an aromatic ring is 1. The van der Waals surface area contributed by atoms with Crippen LogP contribution in [-0.4, -0.2) is 7.11 Å². The van der Waals surface area contributed by atoms with Gasteiger partial charge < -0.3 is 5.73 Å². The molecular formula is C7H6BrF3N2O. The molecule has 0 aliphatic heterocycles. The molecule has 7 heteroatoms. The van der Waals surface area contributed by atoms with E-state index in [1.165, 1.54) is 7.11 Å². The predicted octanol–water partition coefficient (Wildman–Crippen LogP) is 2.42. The summed E-state index contributed by atoms with van der Waals surface area (Å²) < 4.78 is 38.4. The van der Waals surface area contributed by atoms with Crippen LogP contribution in [0.2, 0.25) is 0 Å². The zero-order valence-corrected chi connectivity index (χ0v) is 8.58. The molecular weight excluding hydrogens is 265 g/mol. The minimum absolute atomic E-state index is 0.303. The highest BCUT2D eigenvalue weighted by Gasteiger charge is 2.21. The summed E-state index contributed by atoms with van der Waals surface area (Å²) in [6, 6.07) is 0. The lowest BCUT2D eigenvalue weighted by molar-refractivity contribution is 0.267. The van der Waals surface area contributed by atoms with Crippen LogP contribution in [0.3, 0.4) is 0 Å². The zero-order valence-electron chi connectivity index (χ0n) is 7.00. The fraction of sp³-hybridized carbons (Fsp3) is 0.143. The van der Waals surface area contributed by atoms with E-state index in [-0.39, 0.29) is 10.2 Å². The first-order chi connectivity index (χ1) is 6.50. The molecule has 0 aliphatic rings. The molecule has 0 aromatic heterocycles. The Kier molecular flexibility index (Phi) is 3.22. The molecule has 14 heavy (non-hydrogen) atoms. The second-order valence-corrected chi connectivity index (χ2v) is 3.14. The normalized spacial score (nSPS) is 10.4. The molecule has 0 fully saturated rings. The maximum atomic E-state index is 13.0. The molecule has 78 valence electrons. The van der Waals surface area contributed by atoms with Gasteiger partial charge in [-0.05, 0) is 15.9 Å². The summed E-state index contributed by atoms with van der Waals surface area (Å²) in [4.78, 5) is 4.36. The van der Waals surface area contributed by atoms with Crippen molar-refractivity contribution >= 4 is 27.3 Å². The van der Waals surface area contributed by atoms with Crippen molar-refractivity contribution < 1.29 is 18.0 Å². The Morgan fingerprint density at radius 1 is 1.21 bits per heavy atom. The highest BCUT2D eigenvalue weighted by Crippen LogP contribution is 2.35. The Morgan fingerprint density at radius 3 is 2.29 bits per heavy atom. The molecule has 1 rings (SSSR count). The summed E-state index contributed by atoms with van der Waals surface area (Å²) in [7, 11) is 1.19. The van der Waals surface area contributed by atoms with E-state index in [0.717, 1.165) is 0 Å². The van der Waals surface area contributed by atoms with Gasteiger partial charge in [-0.2, -0.15) is 0 Å². The number of hydrogen-bond donors (Lipinski definition) is 2. The van der Waals surface area contributed by atoms with Crippen LogP contribution in [0.4, 0.5) is 24.5 Å². The van der Waals surface area contributed by atoms with Gasteiger partial charge in [-0.15, -0.1) is 0 Å². The largest absolute Gasteiger partial charge is 0.396 e. The second kappa shape index (κ2) is 4.05. The maximum absolute atomic E-state index is 13.0. The molecule has 3 nitrogen and oxygen atoms in total. The van der Waals surface area contributed by atoms with Gasteiger partial charge in [0, 0.05) is 0 Å². The van der Waals surface area contributed by atoms with Crippen LogP contribution in [0.15, 0.2) is 4.47 Å². The number of nitrogens with one attached hydrogen (secondary N) is 1. The first-order valence-electron chi connectivity index (χ1n) is 3.41. The van der Waals surface area contributed by atoms with Crippen LogP contribution in [0.5, 0.6) is 0 Å². The lowest BCUT2D eigenvalue weighted by Gasteiger charge is -2.11. The van der Waals surface area contributed by atoms with Gasteiger partial charge in [0.25, 0.3) is 0 Å². The number of hydrogen-bond acceptors (Lipinski definition) is 3. The number of benzene rings is 1. The first-order valence-corrected chi connectivity index (χ1v) is 4.20. The Labute approximate surface area is 86.1 Å². The smallest absolute Gasteiger partial charge is 0.197 e. The molecule has 0 spiro atoms. The summed E-state index contributed by atoms with van der Waals surface area (Å²) >= 11 is 2.68. The highest BCUT2D eigenvalue weighted by molar-refractivity contribution is 9.10. The van der Waals surface area contributed by atoms with Crippen molar-refractivity contribution in [1.82, 2.24) is 0 Å². The molecule has 0 aliphatic carbocycles. The molecule has 3 N–H and O–H groups in total. The van der Waals surface area contributed by atoms with Crippen molar-refractivity contribution in [3.63, 3.8) is 0 Å². The molecule has 0 radical (unpaired) electrons. The van der Waals surface area contributed by atoms with E-state index in [0.29, 0.717) is 0 Å². The van der Waals surface area contributed by atoms with Gasteiger partial charge in [-0.1, -0.05) is 0 Å². The number of rotatable bonds is 2. The number of anilines is 2. The van der Waals surface area contributed by atoms with Gasteiger partial charge in [-0.3, -0.25) is 10.3 Å². The third-order valence-electron chi connectivity index (χ3n) is 1.51. The van der Waals surface area contributed by atoms with Crippen LogP contribution in [0, 0.1) is 17.5 Å². The Balaban J connectivity index is 3.43. The molecule has 0 saturated heterocycles. The van der Waals surface area contributed by atoms with Crippen LogP contribution in [-0.2, 0) is 4.84 Å². The maximum Gasteiger partial charge on any atom is 0.197 e. The van der Waals surface area contributed by atoms with Gasteiger partial charge in [-0.25, -0.2) is 13.2 Å². The fourth-order valence-corrected chi connectivity index (χ4v) is 1.22. The van der Waals surface area contributed by atoms with Crippen molar-refractivity contribution in [2.24, 2.45) is 0 Å². The monoisotopic (exact) mass is 270 g/mol. The van der Waals surface area contributed by atoms with E-state index in [1.807, 2.05) is 5.48 Å². The summed E-state index contributed by atoms with van der Waals surface area (Å²) in [6.45, 7) is 0. The third-order valence-corrected chi connectivity index (χ3v) is 2.28. The fourth-order valence-electron chi connectivity index (χ4n) is 0.851. The average molecular weight is 271 g/mol. The van der Waals surface area contributed by atoms with Crippen molar-refractivity contribution in [3.05, 3.63) is 21.9 Å². The number of nitrogens with two attached hydrogens (primary N) is 1. The lowest BCUT2D eigenvalue weighted by atomic mass is 10.2. The third kappa shape index (κ3) is 1.64. The van der Waals surface area contributed by atoms with Crippen LogP contribution >= 0.6 is 15.9 Å². The van der Waals surface area contributed by atoms with Crippen LogP contribution in [0.1, 0.15) is 0 Å². The molecule has 0 heterocycles. The summed E-state index contributed by atoms with van der Waals surface area (Å²) in [6.07, 6.45) is 0. The van der Waals surface area contributed by atoms with Crippen molar-refractivity contribution in [1.29, 1.82) is 0 Å². The first kappa shape index (κ1) is 11.1. The summed E-state index contributed by atoms with van der Waals surface area (Å²) in [5, 5.41) is 0. The zero-order chi connectivity index (χ0) is 10.9. The summed E-state index contributed by atoms with van der Waals surface area (Å²) in [5.41, 5.74) is 6.57. The van der Waals surface area contributed by atoms with Gasteiger partial charge in [0.15, 0.2) is 17.5 Å². The van der Waals surface area contributed by atoms with E-state index < -0.39 is 23.1 Å². The SMILES string of the molecule is CONc1c(N)c(Br)c(F)c(F)c1F. The van der Waals surface area contributed by atoms with Crippen molar-refractivity contribution in [3.8, 4) is 0 Å². The van der Waals surface area contributed by atoms with Gasteiger partial charge in [0.1, 0.15) is 5.69 Å². The van der Waals surface area contributed by atoms with Gasteiger partial charge >= 0.3 is 0 Å². The van der Waals surface area contributed by atoms with E-state index in [9.17, 15) is 13.2 Å². The Bertz CT molecular complexity index is 343. The quantitative estimate of drug-likeness (QED) is 0.376. The number of halogens is 4. The van der Waals surface area contributed by atoms with E-state index >= 15 is 0 Å². The van der Waals surface area contributed by atoms with Gasteiger partial charge in [0.2, 0.25) is 0 Å². The minimum atomic E-state index is -1.62. The second-order valence-electron chi connectivity index (χ2n) is 2.35. The standard InChI is InChI=1S/C7H6BrF3N2O/c1-14-13-7-5(11)4(10)3(9)2(8)6(7)12/h13H,12H2,1H3. The topological polar surface area (TPSA) is 47.3 Å². The van der Waals surface area contributed by atoms with E-state index in [2.05, 4.69) is 20.8 Å². The molecule has 0 unspecified atom stereocenters. The van der Waals surface area contributed by atoms with E-state index in [1.54, 1.807) is 0 Å². The molecule has 0 saturated carbocycles. The highest BCUT2D eigenvalue weighted by atomic mass is 79.9. The molecule has 1 aromatic rings.